The van der Waals surface area contributed by atoms with E-state index < -0.39 is 12.0 Å². The largest absolute Gasteiger partial charge is 0.452 e. The van der Waals surface area contributed by atoms with Crippen molar-refractivity contribution in [1.82, 2.24) is 10.6 Å². The van der Waals surface area contributed by atoms with Crippen molar-refractivity contribution in [2.75, 3.05) is 13.2 Å². The Balaban J connectivity index is 1.72. The molecule has 0 spiro atoms. The number of benzene rings is 2. The molecular weight excluding hydrogens is 346 g/mol. The maximum Gasteiger partial charge on any atom is 0.338 e. The van der Waals surface area contributed by atoms with E-state index in [-0.39, 0.29) is 19.1 Å². The van der Waals surface area contributed by atoms with Gasteiger partial charge >= 0.3 is 12.0 Å². The Kier molecular flexibility index (Phi) is 7.37. The first kappa shape index (κ1) is 20.0. The van der Waals surface area contributed by atoms with E-state index in [1.54, 1.807) is 24.3 Å². The minimum absolute atomic E-state index is 0.272. The Bertz CT molecular complexity index is 803. The summed E-state index contributed by atoms with van der Waals surface area (Å²) in [6.07, 6.45) is 0.715. The molecule has 2 aromatic carbocycles. The first-order valence-electron chi connectivity index (χ1n) is 8.56. The molecule has 0 saturated carbocycles. The zero-order valence-electron chi connectivity index (χ0n) is 15.2. The van der Waals surface area contributed by atoms with Gasteiger partial charge in [-0.1, -0.05) is 36.4 Å². The van der Waals surface area contributed by atoms with Gasteiger partial charge in [-0.3, -0.25) is 4.79 Å². The highest BCUT2D eigenvalue weighted by molar-refractivity contribution is 5.91. The fourth-order valence-corrected chi connectivity index (χ4v) is 2.44. The van der Waals surface area contributed by atoms with Gasteiger partial charge in [-0.05, 0) is 42.2 Å². The van der Waals surface area contributed by atoms with Crippen LogP contribution in [0.3, 0.4) is 0 Å². The summed E-state index contributed by atoms with van der Waals surface area (Å²) in [7, 11) is 0. The number of primary amides is 1. The van der Waals surface area contributed by atoms with E-state index in [1.807, 2.05) is 31.2 Å². The molecule has 0 atom stereocenters. The molecule has 2 aromatic rings. The van der Waals surface area contributed by atoms with E-state index in [9.17, 15) is 14.4 Å². The summed E-state index contributed by atoms with van der Waals surface area (Å²) in [5.74, 6) is -0.933. The predicted molar refractivity (Wildman–Crippen MR) is 101 cm³/mol. The summed E-state index contributed by atoms with van der Waals surface area (Å²) in [5.41, 5.74) is 8.46. The Morgan fingerprint density at radius 1 is 1.00 bits per heavy atom. The molecular formula is C20H23N3O4. The zero-order chi connectivity index (χ0) is 19.6. The molecule has 0 aliphatic rings. The van der Waals surface area contributed by atoms with Gasteiger partial charge in [0.25, 0.3) is 5.91 Å². The molecule has 0 bridgehead atoms. The average molecular weight is 369 g/mol. The van der Waals surface area contributed by atoms with Gasteiger partial charge in [0.1, 0.15) is 0 Å². The van der Waals surface area contributed by atoms with Crippen molar-refractivity contribution in [2.45, 2.75) is 19.9 Å². The lowest BCUT2D eigenvalue weighted by Crippen LogP contribution is -2.30. The lowest BCUT2D eigenvalue weighted by molar-refractivity contribution is -0.124. The minimum Gasteiger partial charge on any atom is -0.452 e. The van der Waals surface area contributed by atoms with Crippen molar-refractivity contribution >= 4 is 17.9 Å². The van der Waals surface area contributed by atoms with Crippen molar-refractivity contribution in [3.63, 3.8) is 0 Å². The fraction of sp³-hybridized carbons (Fsp3) is 0.250. The second-order valence-electron chi connectivity index (χ2n) is 6.02. The van der Waals surface area contributed by atoms with Crippen LogP contribution in [0.25, 0.3) is 0 Å². The summed E-state index contributed by atoms with van der Waals surface area (Å²) in [5, 5.41) is 5.19. The van der Waals surface area contributed by atoms with Crippen LogP contribution < -0.4 is 16.4 Å². The van der Waals surface area contributed by atoms with E-state index in [0.29, 0.717) is 18.5 Å². The number of nitrogens with one attached hydrogen (secondary N) is 2. The van der Waals surface area contributed by atoms with Crippen molar-refractivity contribution in [3.05, 3.63) is 70.8 Å². The smallest absolute Gasteiger partial charge is 0.338 e. The molecule has 7 heteroatoms. The second kappa shape index (κ2) is 9.96. The van der Waals surface area contributed by atoms with Gasteiger partial charge in [0.15, 0.2) is 6.61 Å². The van der Waals surface area contributed by atoms with E-state index in [2.05, 4.69) is 10.6 Å². The van der Waals surface area contributed by atoms with E-state index >= 15 is 0 Å². The number of hydrogen-bond acceptors (Lipinski definition) is 4. The minimum atomic E-state index is -0.619. The summed E-state index contributed by atoms with van der Waals surface area (Å²) >= 11 is 0. The van der Waals surface area contributed by atoms with Gasteiger partial charge in [0.2, 0.25) is 0 Å². The summed E-state index contributed by atoms with van der Waals surface area (Å²) in [4.78, 5) is 34.5. The maximum absolute atomic E-state index is 12.0. The molecule has 4 N–H and O–H groups in total. The summed E-state index contributed by atoms with van der Waals surface area (Å²) < 4.78 is 5.01. The molecule has 2 rings (SSSR count). The van der Waals surface area contributed by atoms with Crippen LogP contribution in [0.4, 0.5) is 4.79 Å². The Hall–Kier alpha value is -3.35. The molecule has 0 saturated heterocycles. The van der Waals surface area contributed by atoms with E-state index in [0.717, 1.165) is 5.56 Å². The highest BCUT2D eigenvalue weighted by Gasteiger charge is 2.10. The molecule has 0 radical (unpaired) electrons. The molecule has 0 unspecified atom stereocenters. The number of amides is 3. The van der Waals surface area contributed by atoms with Crippen molar-refractivity contribution in [3.8, 4) is 0 Å². The number of carbonyl (C=O) groups excluding carboxylic acids is 3. The van der Waals surface area contributed by atoms with Crippen LogP contribution in [0.15, 0.2) is 48.5 Å². The lowest BCUT2D eigenvalue weighted by Gasteiger charge is -2.08. The number of nitrogens with two attached hydrogens (primary N) is 1. The molecule has 7 nitrogen and oxygen atoms in total. The number of ether oxygens (including phenoxy) is 1. The molecule has 0 aliphatic carbocycles. The van der Waals surface area contributed by atoms with Crippen LogP contribution in [-0.4, -0.2) is 31.1 Å². The maximum atomic E-state index is 12.0. The SMILES string of the molecule is Cc1ccccc1CCNC(=O)COC(=O)c1ccc(CNC(N)=O)cc1. The second-order valence-corrected chi connectivity index (χ2v) is 6.02. The van der Waals surface area contributed by atoms with Crippen LogP contribution in [0.5, 0.6) is 0 Å². The molecule has 3 amide bonds. The Morgan fingerprint density at radius 2 is 1.70 bits per heavy atom. The average Bonchev–Trinajstić information content (AvgIpc) is 2.66. The third-order valence-corrected chi connectivity index (χ3v) is 3.97. The van der Waals surface area contributed by atoms with Gasteiger partial charge in [-0.25, -0.2) is 9.59 Å². The molecule has 0 aromatic heterocycles. The predicted octanol–water partition coefficient (Wildman–Crippen LogP) is 1.68. The van der Waals surface area contributed by atoms with Crippen LogP contribution in [0.2, 0.25) is 0 Å². The molecule has 142 valence electrons. The van der Waals surface area contributed by atoms with Gasteiger partial charge in [0.05, 0.1) is 5.56 Å². The highest BCUT2D eigenvalue weighted by atomic mass is 16.5. The van der Waals surface area contributed by atoms with Crippen molar-refractivity contribution < 1.29 is 19.1 Å². The lowest BCUT2D eigenvalue weighted by atomic mass is 10.1. The van der Waals surface area contributed by atoms with Gasteiger partial charge in [-0.2, -0.15) is 0 Å². The Labute approximate surface area is 157 Å². The summed E-state index contributed by atoms with van der Waals surface area (Å²) in [6.45, 7) is 2.43. The molecule has 27 heavy (non-hydrogen) atoms. The van der Waals surface area contributed by atoms with Gasteiger partial charge in [-0.15, -0.1) is 0 Å². The number of esters is 1. The van der Waals surface area contributed by atoms with Crippen LogP contribution in [0, 0.1) is 6.92 Å². The number of aryl methyl sites for hydroxylation is 1. The first-order valence-corrected chi connectivity index (χ1v) is 8.56. The Morgan fingerprint density at radius 3 is 2.37 bits per heavy atom. The van der Waals surface area contributed by atoms with E-state index in [1.165, 1.54) is 11.1 Å². The molecule has 0 heterocycles. The number of urea groups is 1. The third-order valence-electron chi connectivity index (χ3n) is 3.97. The first-order chi connectivity index (χ1) is 13.0. The third kappa shape index (κ3) is 6.81. The highest BCUT2D eigenvalue weighted by Crippen LogP contribution is 2.07. The molecule has 0 aliphatic heterocycles. The summed E-state index contributed by atoms with van der Waals surface area (Å²) in [6, 6.07) is 13.8. The van der Waals surface area contributed by atoms with Crippen LogP contribution in [0.1, 0.15) is 27.0 Å². The van der Waals surface area contributed by atoms with Crippen molar-refractivity contribution in [1.29, 1.82) is 0 Å². The monoisotopic (exact) mass is 369 g/mol. The number of rotatable bonds is 8. The van der Waals surface area contributed by atoms with Gasteiger partial charge < -0.3 is 21.1 Å². The normalized spacial score (nSPS) is 10.1. The quantitative estimate of drug-likeness (QED) is 0.615. The van der Waals surface area contributed by atoms with Gasteiger partial charge in [0, 0.05) is 13.1 Å². The number of hydrogen-bond donors (Lipinski definition) is 3. The topological polar surface area (TPSA) is 111 Å². The van der Waals surface area contributed by atoms with Crippen LogP contribution in [-0.2, 0) is 22.5 Å². The molecule has 0 fully saturated rings. The fourth-order valence-electron chi connectivity index (χ4n) is 2.44. The van der Waals surface area contributed by atoms with E-state index in [4.69, 9.17) is 10.5 Å². The standard InChI is InChI=1S/C20H23N3O4/c1-14-4-2-3-5-16(14)10-11-22-18(24)13-27-19(25)17-8-6-15(7-9-17)12-23-20(21)26/h2-9H,10-13H2,1H3,(H,22,24)(H3,21,23,26). The van der Waals surface area contributed by atoms with Crippen molar-refractivity contribution in [2.24, 2.45) is 5.73 Å². The zero-order valence-corrected chi connectivity index (χ0v) is 15.2. The van der Waals surface area contributed by atoms with Crippen LogP contribution >= 0.6 is 0 Å². The number of carbonyl (C=O) groups is 3.